The molecule has 0 spiro atoms. The van der Waals surface area contributed by atoms with Gasteiger partial charge in [0.15, 0.2) is 0 Å². The van der Waals surface area contributed by atoms with Crippen LogP contribution in [0.5, 0.6) is 5.75 Å². The molecule has 3 nitrogen and oxygen atoms in total. The van der Waals surface area contributed by atoms with Gasteiger partial charge in [-0.05, 0) is 36.8 Å². The zero-order valence-corrected chi connectivity index (χ0v) is 16.2. The highest BCUT2D eigenvalue weighted by molar-refractivity contribution is 7.99. The van der Waals surface area contributed by atoms with Gasteiger partial charge in [0, 0.05) is 19.0 Å². The summed E-state index contributed by atoms with van der Waals surface area (Å²) in [6.45, 7) is 1.57. The van der Waals surface area contributed by atoms with Crippen molar-refractivity contribution < 1.29 is 22.3 Å². The van der Waals surface area contributed by atoms with Crippen molar-refractivity contribution in [2.24, 2.45) is 4.99 Å². The molecule has 0 aliphatic heterocycles. The molecule has 0 fully saturated rings. The standard InChI is InChI=1S/C19H20F4N2OS/c1-12-9-14(20)15(10-17(12)27-11-19(21,22)23)24-18(25(2)3)13-7-5-6-8-16(13)26-4/h5-10H,11H2,1-4H3/b24-18+. The highest BCUT2D eigenvalue weighted by Crippen LogP contribution is 2.34. The molecule has 0 atom stereocenters. The number of methoxy groups -OCH3 is 1. The minimum absolute atomic E-state index is 0.0279. The number of hydrogen-bond donors (Lipinski definition) is 0. The fourth-order valence-corrected chi connectivity index (χ4v) is 3.19. The van der Waals surface area contributed by atoms with E-state index in [0.29, 0.717) is 39.4 Å². The Labute approximate surface area is 160 Å². The van der Waals surface area contributed by atoms with E-state index in [4.69, 9.17) is 4.74 Å². The van der Waals surface area contributed by atoms with Crippen molar-refractivity contribution in [3.8, 4) is 5.75 Å². The molecule has 0 saturated heterocycles. The molecule has 0 radical (unpaired) electrons. The van der Waals surface area contributed by atoms with E-state index in [1.165, 1.54) is 19.2 Å². The molecule has 0 aromatic heterocycles. The zero-order valence-electron chi connectivity index (χ0n) is 15.4. The number of ether oxygens (including phenoxy) is 1. The van der Waals surface area contributed by atoms with Crippen LogP contribution in [0.25, 0.3) is 0 Å². The maximum absolute atomic E-state index is 14.4. The summed E-state index contributed by atoms with van der Waals surface area (Å²) in [5.74, 6) is -0.653. The predicted octanol–water partition coefficient (Wildman–Crippen LogP) is 5.44. The maximum atomic E-state index is 14.4. The van der Waals surface area contributed by atoms with Crippen LogP contribution < -0.4 is 4.74 Å². The second kappa shape index (κ2) is 8.65. The molecule has 0 saturated carbocycles. The Balaban J connectivity index is 2.50. The molecule has 146 valence electrons. The van der Waals surface area contributed by atoms with Gasteiger partial charge >= 0.3 is 6.18 Å². The molecule has 2 aromatic rings. The van der Waals surface area contributed by atoms with Crippen molar-refractivity contribution in [1.82, 2.24) is 4.90 Å². The lowest BCUT2D eigenvalue weighted by molar-refractivity contribution is -0.105. The van der Waals surface area contributed by atoms with Crippen molar-refractivity contribution in [3.05, 3.63) is 53.3 Å². The minimum atomic E-state index is -4.30. The highest BCUT2D eigenvalue weighted by atomic mass is 32.2. The summed E-state index contributed by atoms with van der Waals surface area (Å²) in [6, 6.07) is 9.68. The lowest BCUT2D eigenvalue weighted by Gasteiger charge is -2.19. The first-order valence-corrected chi connectivity index (χ1v) is 9.00. The first kappa shape index (κ1) is 21.1. The fraction of sp³-hybridized carbons (Fsp3) is 0.316. The molecule has 8 heteroatoms. The second-order valence-corrected chi connectivity index (χ2v) is 7.02. The van der Waals surface area contributed by atoms with E-state index in [1.807, 2.05) is 0 Å². The van der Waals surface area contributed by atoms with E-state index in [0.717, 1.165) is 0 Å². The number of nitrogens with zero attached hydrogens (tertiary/aromatic N) is 2. The SMILES string of the molecule is COc1ccccc1/C(=N\c1cc(SCC(F)(F)F)c(C)cc1F)N(C)C. The van der Waals surface area contributed by atoms with E-state index < -0.39 is 17.7 Å². The largest absolute Gasteiger partial charge is 0.496 e. The number of para-hydroxylation sites is 1. The normalized spacial score (nSPS) is 12.2. The molecule has 0 unspecified atom stereocenters. The summed E-state index contributed by atoms with van der Waals surface area (Å²) in [5, 5.41) is 0. The van der Waals surface area contributed by atoms with Crippen molar-refractivity contribution in [2.75, 3.05) is 27.0 Å². The van der Waals surface area contributed by atoms with Crippen LogP contribution in [-0.2, 0) is 0 Å². The third-order valence-electron chi connectivity index (χ3n) is 3.63. The Morgan fingerprint density at radius 2 is 1.85 bits per heavy atom. The number of aryl methyl sites for hydroxylation is 1. The molecule has 2 rings (SSSR count). The molecule has 0 N–H and O–H groups in total. The number of thioether (sulfide) groups is 1. The molecule has 0 bridgehead atoms. The van der Waals surface area contributed by atoms with E-state index >= 15 is 0 Å². The van der Waals surface area contributed by atoms with Crippen LogP contribution in [0.3, 0.4) is 0 Å². The van der Waals surface area contributed by atoms with Crippen LogP contribution in [0.2, 0.25) is 0 Å². The molecule has 0 heterocycles. The van der Waals surface area contributed by atoms with Gasteiger partial charge in [0.25, 0.3) is 0 Å². The quantitative estimate of drug-likeness (QED) is 0.289. The van der Waals surface area contributed by atoms with Crippen LogP contribution in [0.4, 0.5) is 23.2 Å². The molecule has 0 aliphatic rings. The summed E-state index contributed by atoms with van der Waals surface area (Å²) < 4.78 is 57.4. The van der Waals surface area contributed by atoms with Gasteiger partial charge in [0.2, 0.25) is 0 Å². The van der Waals surface area contributed by atoms with Crippen LogP contribution in [0.1, 0.15) is 11.1 Å². The van der Waals surface area contributed by atoms with Crippen LogP contribution >= 0.6 is 11.8 Å². The molecule has 0 aliphatic carbocycles. The maximum Gasteiger partial charge on any atom is 0.398 e. The van der Waals surface area contributed by atoms with Gasteiger partial charge in [-0.15, -0.1) is 11.8 Å². The van der Waals surface area contributed by atoms with Gasteiger partial charge < -0.3 is 9.64 Å². The molecule has 27 heavy (non-hydrogen) atoms. The number of alkyl halides is 3. The Morgan fingerprint density at radius 1 is 1.19 bits per heavy atom. The first-order chi connectivity index (χ1) is 12.6. The van der Waals surface area contributed by atoms with Crippen molar-refractivity contribution >= 4 is 23.3 Å². The molecular formula is C19H20F4N2OS. The Morgan fingerprint density at radius 3 is 2.44 bits per heavy atom. The third-order valence-corrected chi connectivity index (χ3v) is 4.86. The first-order valence-electron chi connectivity index (χ1n) is 8.01. The average molecular weight is 400 g/mol. The number of hydrogen-bond acceptors (Lipinski definition) is 3. The summed E-state index contributed by atoms with van der Waals surface area (Å²) >= 11 is 0.617. The monoisotopic (exact) mass is 400 g/mol. The summed E-state index contributed by atoms with van der Waals surface area (Å²) in [7, 11) is 5.01. The topological polar surface area (TPSA) is 24.8 Å². The van der Waals surface area contributed by atoms with E-state index in [9.17, 15) is 17.6 Å². The number of aliphatic imine (C=N–C) groups is 1. The van der Waals surface area contributed by atoms with E-state index in [2.05, 4.69) is 4.99 Å². The van der Waals surface area contributed by atoms with Crippen LogP contribution in [0.15, 0.2) is 46.3 Å². The second-order valence-electron chi connectivity index (χ2n) is 6.00. The van der Waals surface area contributed by atoms with Crippen molar-refractivity contribution in [3.63, 3.8) is 0 Å². The molecule has 2 aromatic carbocycles. The van der Waals surface area contributed by atoms with Gasteiger partial charge in [0.1, 0.15) is 23.1 Å². The Hall–Kier alpha value is -2.22. The van der Waals surface area contributed by atoms with Gasteiger partial charge in [-0.1, -0.05) is 12.1 Å². The zero-order chi connectivity index (χ0) is 20.2. The average Bonchev–Trinajstić information content (AvgIpc) is 2.59. The van der Waals surface area contributed by atoms with Crippen LogP contribution in [0, 0.1) is 12.7 Å². The Bertz CT molecular complexity index is 835. The number of rotatable bonds is 5. The minimum Gasteiger partial charge on any atom is -0.496 e. The van der Waals surface area contributed by atoms with E-state index in [-0.39, 0.29) is 5.69 Å². The number of benzene rings is 2. The molecular weight excluding hydrogens is 380 g/mol. The predicted molar refractivity (Wildman–Crippen MR) is 101 cm³/mol. The number of amidine groups is 1. The van der Waals surface area contributed by atoms with Gasteiger partial charge in [0.05, 0.1) is 18.4 Å². The number of halogens is 4. The summed E-state index contributed by atoms with van der Waals surface area (Å²) in [4.78, 5) is 6.41. The van der Waals surface area contributed by atoms with Gasteiger partial charge in [-0.25, -0.2) is 9.38 Å². The Kier molecular flexibility index (Phi) is 6.75. The molecule has 0 amide bonds. The lowest BCUT2D eigenvalue weighted by Crippen LogP contribution is -2.23. The summed E-state index contributed by atoms with van der Waals surface area (Å²) in [5.41, 5.74) is 1.05. The van der Waals surface area contributed by atoms with Gasteiger partial charge in [-0.2, -0.15) is 13.2 Å². The third kappa shape index (κ3) is 5.63. The smallest absolute Gasteiger partial charge is 0.398 e. The van der Waals surface area contributed by atoms with Crippen molar-refractivity contribution in [1.29, 1.82) is 0 Å². The fourth-order valence-electron chi connectivity index (χ4n) is 2.39. The lowest BCUT2D eigenvalue weighted by atomic mass is 10.1. The van der Waals surface area contributed by atoms with E-state index in [1.54, 1.807) is 50.2 Å². The highest BCUT2D eigenvalue weighted by Gasteiger charge is 2.27. The summed E-state index contributed by atoms with van der Waals surface area (Å²) in [6.07, 6.45) is -4.30. The van der Waals surface area contributed by atoms with Gasteiger partial charge in [-0.3, -0.25) is 0 Å². The van der Waals surface area contributed by atoms with Crippen molar-refractivity contribution in [2.45, 2.75) is 18.0 Å². The van der Waals surface area contributed by atoms with Crippen LogP contribution in [-0.4, -0.2) is 43.9 Å².